The number of hydrogen-bond acceptors (Lipinski definition) is 1. The molecule has 0 saturated carbocycles. The van der Waals surface area contributed by atoms with Gasteiger partial charge in [0.05, 0.1) is 27.8 Å². The first-order chi connectivity index (χ1) is 28.3. The fourth-order valence-corrected chi connectivity index (χ4v) is 9.28. The Morgan fingerprint density at radius 2 is 0.807 bits per heavy atom. The maximum absolute atomic E-state index is 6.62. The molecule has 266 valence electrons. The van der Waals surface area contributed by atoms with Crippen molar-refractivity contribution >= 4 is 65.6 Å². The van der Waals surface area contributed by atoms with E-state index in [1.807, 2.05) is 6.07 Å². The zero-order valence-electron chi connectivity index (χ0n) is 30.9. The van der Waals surface area contributed by atoms with Gasteiger partial charge in [-0.3, -0.25) is 0 Å². The van der Waals surface area contributed by atoms with Crippen molar-refractivity contribution in [3.63, 3.8) is 0 Å². The number of nitrogens with zero attached hydrogens (tertiary/aromatic N) is 2. The van der Waals surface area contributed by atoms with E-state index in [2.05, 4.69) is 209 Å². The lowest BCUT2D eigenvalue weighted by atomic mass is 9.90. The number of hydrogen-bond donors (Lipinski definition) is 0. The smallest absolute Gasteiger partial charge is 0.159 e. The maximum atomic E-state index is 6.62. The van der Waals surface area contributed by atoms with E-state index < -0.39 is 0 Å². The third-order valence-electron chi connectivity index (χ3n) is 11.7. The molecule has 3 nitrogen and oxygen atoms in total. The van der Waals surface area contributed by atoms with Crippen molar-refractivity contribution in [2.24, 2.45) is 0 Å². The first-order valence-corrected chi connectivity index (χ1v) is 19.5. The number of fused-ring (bicyclic) bond motifs is 9. The number of furan rings is 1. The van der Waals surface area contributed by atoms with Crippen LogP contribution < -0.4 is 0 Å². The predicted octanol–water partition coefficient (Wildman–Crippen LogP) is 14.8. The fraction of sp³-hybridized carbons (Fsp3) is 0. The van der Waals surface area contributed by atoms with Crippen LogP contribution in [-0.2, 0) is 0 Å². The molecule has 0 fully saturated rings. The van der Waals surface area contributed by atoms with Crippen LogP contribution in [0.2, 0.25) is 0 Å². The van der Waals surface area contributed by atoms with Crippen LogP contribution in [0.15, 0.2) is 211 Å². The molecule has 0 saturated heterocycles. The van der Waals surface area contributed by atoms with E-state index in [9.17, 15) is 0 Å². The minimum Gasteiger partial charge on any atom is -0.454 e. The minimum absolute atomic E-state index is 0.892. The predicted molar refractivity (Wildman–Crippen MR) is 239 cm³/mol. The maximum Gasteiger partial charge on any atom is 0.159 e. The summed E-state index contributed by atoms with van der Waals surface area (Å²) in [5.74, 6) is 0. The minimum atomic E-state index is 0.892. The highest BCUT2D eigenvalue weighted by Crippen LogP contribution is 2.45. The summed E-state index contributed by atoms with van der Waals surface area (Å²) in [4.78, 5) is 0. The second-order valence-corrected chi connectivity index (χ2v) is 14.9. The molecule has 0 atom stereocenters. The van der Waals surface area contributed by atoms with Gasteiger partial charge >= 0.3 is 0 Å². The summed E-state index contributed by atoms with van der Waals surface area (Å²) >= 11 is 0. The molecule has 0 N–H and O–H groups in total. The Hall–Kier alpha value is -7.62. The first kappa shape index (κ1) is 31.7. The molecule has 0 unspecified atom stereocenters. The first-order valence-electron chi connectivity index (χ1n) is 19.5. The van der Waals surface area contributed by atoms with E-state index in [1.54, 1.807) is 0 Å². The third-order valence-corrected chi connectivity index (χ3v) is 11.7. The monoisotopic (exact) mass is 726 g/mol. The van der Waals surface area contributed by atoms with E-state index in [4.69, 9.17) is 4.42 Å². The molecule has 12 rings (SSSR count). The summed E-state index contributed by atoms with van der Waals surface area (Å²) in [7, 11) is 0. The zero-order valence-corrected chi connectivity index (χ0v) is 30.9. The summed E-state index contributed by atoms with van der Waals surface area (Å²) in [6.07, 6.45) is 0. The standard InChI is InChI=1S/C54H34N2O/c1-3-16-35(17-4-1)36-32-37(40-23-13-28-48-52(40)44-21-7-10-26-46(44)55(48)39-18-5-2-6-19-39)34-38(33-36)41-24-14-29-49-53(41)45-22-8-11-27-47(45)56(49)50-30-15-25-43-42-20-9-12-31-51(42)57-54(43)50/h1-34H. The second kappa shape index (κ2) is 12.5. The Balaban J connectivity index is 1.15. The van der Waals surface area contributed by atoms with Crippen molar-refractivity contribution in [3.8, 4) is 44.8 Å². The average Bonchev–Trinajstić information content (AvgIpc) is 3.95. The van der Waals surface area contributed by atoms with Crippen molar-refractivity contribution in [1.82, 2.24) is 9.13 Å². The number of aromatic nitrogens is 2. The summed E-state index contributed by atoms with van der Waals surface area (Å²) in [5, 5.41) is 7.16. The molecule has 0 aliphatic rings. The lowest BCUT2D eigenvalue weighted by Crippen LogP contribution is -1.94. The van der Waals surface area contributed by atoms with Crippen LogP contribution in [0.5, 0.6) is 0 Å². The summed E-state index contributed by atoms with van der Waals surface area (Å²) in [5.41, 5.74) is 15.8. The molecular weight excluding hydrogens is 693 g/mol. The molecule has 0 aliphatic carbocycles. The highest BCUT2D eigenvalue weighted by Gasteiger charge is 2.21. The summed E-state index contributed by atoms with van der Waals surface area (Å²) in [6.45, 7) is 0. The largest absolute Gasteiger partial charge is 0.454 e. The van der Waals surface area contributed by atoms with Crippen molar-refractivity contribution in [2.75, 3.05) is 0 Å². The zero-order chi connectivity index (χ0) is 37.5. The lowest BCUT2D eigenvalue weighted by molar-refractivity contribution is 0.666. The number of benzene rings is 9. The van der Waals surface area contributed by atoms with Crippen molar-refractivity contribution in [2.45, 2.75) is 0 Å². The molecule has 0 aliphatic heterocycles. The Labute approximate surface area is 328 Å². The topological polar surface area (TPSA) is 23.0 Å². The van der Waals surface area contributed by atoms with Gasteiger partial charge in [-0.25, -0.2) is 0 Å². The Kier molecular flexibility index (Phi) is 6.93. The molecule has 57 heavy (non-hydrogen) atoms. The van der Waals surface area contributed by atoms with Crippen LogP contribution in [0.1, 0.15) is 0 Å². The molecule has 0 amide bonds. The third kappa shape index (κ3) is 4.79. The van der Waals surface area contributed by atoms with Crippen LogP contribution in [0, 0.1) is 0 Å². The number of rotatable bonds is 5. The average molecular weight is 727 g/mol. The van der Waals surface area contributed by atoms with Crippen molar-refractivity contribution < 1.29 is 4.42 Å². The van der Waals surface area contributed by atoms with E-state index in [0.29, 0.717) is 0 Å². The SMILES string of the molecule is c1ccc(-c2cc(-c3cccc4c3c3ccccc3n4-c3ccccc3)cc(-c3cccc4c3c3ccccc3n4-c3cccc4c3oc3ccccc34)c2)cc1. The van der Waals surface area contributed by atoms with Gasteiger partial charge in [-0.2, -0.15) is 0 Å². The molecule has 0 radical (unpaired) electrons. The summed E-state index contributed by atoms with van der Waals surface area (Å²) < 4.78 is 11.4. The molecule has 3 heteroatoms. The van der Waals surface area contributed by atoms with Gasteiger partial charge in [-0.05, 0) is 100 Å². The normalized spacial score (nSPS) is 11.9. The Morgan fingerprint density at radius 1 is 0.316 bits per heavy atom. The Morgan fingerprint density at radius 3 is 1.49 bits per heavy atom. The van der Waals surface area contributed by atoms with E-state index in [-0.39, 0.29) is 0 Å². The number of para-hydroxylation sites is 5. The van der Waals surface area contributed by atoms with Crippen LogP contribution in [0.4, 0.5) is 0 Å². The van der Waals surface area contributed by atoms with Gasteiger partial charge in [0.1, 0.15) is 5.58 Å². The molecule has 3 aromatic heterocycles. The lowest BCUT2D eigenvalue weighted by Gasteiger charge is -2.14. The van der Waals surface area contributed by atoms with E-state index >= 15 is 0 Å². The highest BCUT2D eigenvalue weighted by molar-refractivity contribution is 6.19. The summed E-state index contributed by atoms with van der Waals surface area (Å²) in [6, 6.07) is 74.5. The van der Waals surface area contributed by atoms with Crippen LogP contribution >= 0.6 is 0 Å². The van der Waals surface area contributed by atoms with Gasteiger partial charge in [0, 0.05) is 38.0 Å². The van der Waals surface area contributed by atoms with Gasteiger partial charge in [0.15, 0.2) is 5.58 Å². The van der Waals surface area contributed by atoms with Gasteiger partial charge in [0.25, 0.3) is 0 Å². The fourth-order valence-electron chi connectivity index (χ4n) is 9.28. The quantitative estimate of drug-likeness (QED) is 0.173. The molecule has 3 heterocycles. The van der Waals surface area contributed by atoms with E-state index in [0.717, 1.165) is 44.3 Å². The van der Waals surface area contributed by atoms with Crippen LogP contribution in [-0.4, -0.2) is 9.13 Å². The highest BCUT2D eigenvalue weighted by atomic mass is 16.3. The van der Waals surface area contributed by atoms with Crippen LogP contribution in [0.25, 0.3) is 110 Å². The van der Waals surface area contributed by atoms with Gasteiger partial charge < -0.3 is 13.6 Å². The molecule has 0 bridgehead atoms. The van der Waals surface area contributed by atoms with Gasteiger partial charge in [-0.15, -0.1) is 0 Å². The molecule has 12 aromatic rings. The molecule has 9 aromatic carbocycles. The van der Waals surface area contributed by atoms with Crippen LogP contribution in [0.3, 0.4) is 0 Å². The van der Waals surface area contributed by atoms with Gasteiger partial charge in [-0.1, -0.05) is 140 Å². The molecule has 0 spiro atoms. The van der Waals surface area contributed by atoms with E-state index in [1.165, 1.54) is 66.0 Å². The van der Waals surface area contributed by atoms with Crippen molar-refractivity contribution in [3.05, 3.63) is 206 Å². The van der Waals surface area contributed by atoms with Gasteiger partial charge in [0.2, 0.25) is 0 Å². The Bertz CT molecular complexity index is 3510. The molecular formula is C54H34N2O. The van der Waals surface area contributed by atoms with Crippen molar-refractivity contribution in [1.29, 1.82) is 0 Å². The second-order valence-electron chi connectivity index (χ2n) is 14.9.